The lowest BCUT2D eigenvalue weighted by atomic mass is 9.89. The molecule has 0 unspecified atom stereocenters. The molecule has 0 saturated carbocycles. The van der Waals surface area contributed by atoms with Crippen molar-refractivity contribution in [3.05, 3.63) is 83.9 Å². The van der Waals surface area contributed by atoms with Gasteiger partial charge in [0.25, 0.3) is 0 Å². The highest BCUT2D eigenvalue weighted by molar-refractivity contribution is 6.17. The summed E-state index contributed by atoms with van der Waals surface area (Å²) >= 11 is 0. The fourth-order valence-corrected chi connectivity index (χ4v) is 3.46. The lowest BCUT2D eigenvalue weighted by molar-refractivity contribution is 0.0653. The van der Waals surface area contributed by atoms with Gasteiger partial charge in [-0.05, 0) is 38.7 Å². The predicted octanol–water partition coefficient (Wildman–Crippen LogP) is 5.06. The molecule has 0 saturated heterocycles. The Hall–Kier alpha value is -3.66. The second-order valence-corrected chi connectivity index (χ2v) is 6.03. The van der Waals surface area contributed by atoms with Crippen LogP contribution in [0.1, 0.15) is 20.7 Å². The second-order valence-electron chi connectivity index (χ2n) is 6.03. The zero-order valence-corrected chi connectivity index (χ0v) is 13.6. The maximum Gasteiger partial charge on any atom is 0.337 e. The van der Waals surface area contributed by atoms with E-state index in [2.05, 4.69) is 0 Å². The average molecular weight is 342 g/mol. The van der Waals surface area contributed by atoms with E-state index in [0.29, 0.717) is 16.3 Å². The maximum atomic E-state index is 11.8. The number of aromatic carboxylic acids is 2. The molecule has 0 fully saturated rings. The Balaban J connectivity index is 2.19. The SMILES string of the molecule is O=C(O)c1cc(-c2cccc3ccccc23)c2ccccc2c1C(=O)O. The fourth-order valence-electron chi connectivity index (χ4n) is 3.46. The van der Waals surface area contributed by atoms with Crippen LogP contribution in [-0.4, -0.2) is 22.2 Å². The minimum Gasteiger partial charge on any atom is -0.478 e. The molecule has 0 aliphatic heterocycles. The normalized spacial score (nSPS) is 10.9. The van der Waals surface area contributed by atoms with E-state index >= 15 is 0 Å². The van der Waals surface area contributed by atoms with Crippen molar-refractivity contribution in [1.29, 1.82) is 0 Å². The summed E-state index contributed by atoms with van der Waals surface area (Å²) < 4.78 is 0. The third-order valence-corrected chi connectivity index (χ3v) is 4.57. The Kier molecular flexibility index (Phi) is 3.66. The van der Waals surface area contributed by atoms with Crippen LogP contribution in [-0.2, 0) is 0 Å². The smallest absolute Gasteiger partial charge is 0.337 e. The third-order valence-electron chi connectivity index (χ3n) is 4.57. The van der Waals surface area contributed by atoms with Crippen molar-refractivity contribution in [3.8, 4) is 11.1 Å². The van der Waals surface area contributed by atoms with Crippen molar-refractivity contribution in [1.82, 2.24) is 0 Å². The number of fused-ring (bicyclic) bond motifs is 2. The number of benzene rings is 4. The van der Waals surface area contributed by atoms with E-state index in [1.54, 1.807) is 12.1 Å². The summed E-state index contributed by atoms with van der Waals surface area (Å²) in [7, 11) is 0. The minimum atomic E-state index is -1.25. The van der Waals surface area contributed by atoms with E-state index in [9.17, 15) is 19.8 Å². The van der Waals surface area contributed by atoms with Gasteiger partial charge in [-0.2, -0.15) is 0 Å². The van der Waals surface area contributed by atoms with Crippen LogP contribution < -0.4 is 0 Å². The van der Waals surface area contributed by atoms with E-state index in [4.69, 9.17) is 0 Å². The number of carbonyl (C=O) groups is 2. The predicted molar refractivity (Wildman–Crippen MR) is 101 cm³/mol. The first-order valence-corrected chi connectivity index (χ1v) is 8.08. The monoisotopic (exact) mass is 342 g/mol. The topological polar surface area (TPSA) is 74.6 Å². The van der Waals surface area contributed by atoms with Crippen LogP contribution >= 0.6 is 0 Å². The summed E-state index contributed by atoms with van der Waals surface area (Å²) in [5.74, 6) is -2.50. The lowest BCUT2D eigenvalue weighted by Gasteiger charge is -2.14. The minimum absolute atomic E-state index is 0.183. The Morgan fingerprint density at radius 2 is 1.23 bits per heavy atom. The zero-order valence-electron chi connectivity index (χ0n) is 13.6. The van der Waals surface area contributed by atoms with Gasteiger partial charge in [-0.1, -0.05) is 66.7 Å². The number of rotatable bonds is 3. The van der Waals surface area contributed by atoms with Gasteiger partial charge in [0.1, 0.15) is 0 Å². The molecule has 0 spiro atoms. The average Bonchev–Trinajstić information content (AvgIpc) is 2.66. The molecule has 0 aromatic heterocycles. The van der Waals surface area contributed by atoms with Crippen LogP contribution in [0.3, 0.4) is 0 Å². The van der Waals surface area contributed by atoms with Gasteiger partial charge in [-0.15, -0.1) is 0 Å². The van der Waals surface area contributed by atoms with Crippen molar-refractivity contribution in [2.45, 2.75) is 0 Å². The van der Waals surface area contributed by atoms with Gasteiger partial charge in [-0.3, -0.25) is 0 Å². The highest BCUT2D eigenvalue weighted by Crippen LogP contribution is 2.37. The van der Waals surface area contributed by atoms with E-state index in [1.807, 2.05) is 54.6 Å². The molecular formula is C22H14O4. The summed E-state index contributed by atoms with van der Waals surface area (Å²) in [6.45, 7) is 0. The first kappa shape index (κ1) is 15.8. The van der Waals surface area contributed by atoms with Crippen LogP contribution in [0.5, 0.6) is 0 Å². The van der Waals surface area contributed by atoms with Crippen LogP contribution in [0.2, 0.25) is 0 Å². The first-order chi connectivity index (χ1) is 12.6. The van der Waals surface area contributed by atoms with E-state index in [1.165, 1.54) is 6.07 Å². The van der Waals surface area contributed by atoms with Gasteiger partial charge in [0.2, 0.25) is 0 Å². The standard InChI is InChI=1S/C22H14O4/c23-21(24)19-12-18(15-11-5-7-13-6-1-2-8-14(13)15)16-9-3-4-10-17(16)20(19)22(25)26/h1-12H,(H,23,24)(H,25,26). The van der Waals surface area contributed by atoms with Gasteiger partial charge in [0.05, 0.1) is 11.1 Å². The Morgan fingerprint density at radius 3 is 1.92 bits per heavy atom. The highest BCUT2D eigenvalue weighted by atomic mass is 16.4. The molecule has 0 bridgehead atoms. The van der Waals surface area contributed by atoms with Crippen LogP contribution in [0.15, 0.2) is 72.8 Å². The molecule has 0 atom stereocenters. The number of hydrogen-bond acceptors (Lipinski definition) is 2. The summed E-state index contributed by atoms with van der Waals surface area (Å²) in [6.07, 6.45) is 0. The van der Waals surface area contributed by atoms with Crippen molar-refractivity contribution in [2.75, 3.05) is 0 Å². The van der Waals surface area contributed by atoms with E-state index in [-0.39, 0.29) is 11.1 Å². The molecule has 2 N–H and O–H groups in total. The van der Waals surface area contributed by atoms with Crippen LogP contribution in [0.4, 0.5) is 0 Å². The lowest BCUT2D eigenvalue weighted by Crippen LogP contribution is -2.09. The molecule has 0 amide bonds. The van der Waals surface area contributed by atoms with Gasteiger partial charge in [-0.25, -0.2) is 9.59 Å². The molecule has 0 radical (unpaired) electrons. The molecule has 126 valence electrons. The maximum absolute atomic E-state index is 11.8. The molecule has 4 nitrogen and oxygen atoms in total. The molecule has 0 aliphatic rings. The molecule has 26 heavy (non-hydrogen) atoms. The van der Waals surface area contributed by atoms with Crippen molar-refractivity contribution >= 4 is 33.5 Å². The van der Waals surface area contributed by atoms with Gasteiger partial charge in [0, 0.05) is 0 Å². The molecule has 4 aromatic rings. The van der Waals surface area contributed by atoms with Crippen molar-refractivity contribution < 1.29 is 19.8 Å². The van der Waals surface area contributed by atoms with Gasteiger partial charge >= 0.3 is 11.9 Å². The Bertz CT molecular complexity index is 1190. The molecule has 4 heteroatoms. The molecule has 0 aliphatic carbocycles. The number of carboxylic acid groups (broad SMARTS) is 2. The Labute approximate surface area is 148 Å². The molecular weight excluding hydrogens is 328 g/mol. The van der Waals surface area contributed by atoms with Crippen molar-refractivity contribution in [3.63, 3.8) is 0 Å². The second kappa shape index (κ2) is 6.01. The van der Waals surface area contributed by atoms with Crippen LogP contribution in [0.25, 0.3) is 32.7 Å². The highest BCUT2D eigenvalue weighted by Gasteiger charge is 2.22. The van der Waals surface area contributed by atoms with Gasteiger partial charge < -0.3 is 10.2 Å². The number of carboxylic acids is 2. The van der Waals surface area contributed by atoms with Gasteiger partial charge in [0.15, 0.2) is 0 Å². The summed E-state index contributed by atoms with van der Waals surface area (Å²) in [6, 6.07) is 22.2. The molecule has 4 rings (SSSR count). The first-order valence-electron chi connectivity index (χ1n) is 8.08. The number of hydrogen-bond donors (Lipinski definition) is 2. The van der Waals surface area contributed by atoms with Crippen LogP contribution in [0, 0.1) is 0 Å². The van der Waals surface area contributed by atoms with E-state index in [0.717, 1.165) is 16.3 Å². The zero-order chi connectivity index (χ0) is 18.3. The quantitative estimate of drug-likeness (QED) is 0.546. The Morgan fingerprint density at radius 1 is 0.615 bits per heavy atom. The third kappa shape index (κ3) is 2.40. The largest absolute Gasteiger partial charge is 0.478 e. The van der Waals surface area contributed by atoms with Crippen molar-refractivity contribution in [2.24, 2.45) is 0 Å². The summed E-state index contributed by atoms with van der Waals surface area (Å²) in [4.78, 5) is 23.5. The summed E-state index contributed by atoms with van der Waals surface area (Å²) in [5.41, 5.74) is 1.19. The molecule has 4 aromatic carbocycles. The van der Waals surface area contributed by atoms with E-state index < -0.39 is 11.9 Å². The molecule has 0 heterocycles. The summed E-state index contributed by atoms with van der Waals surface area (Å²) in [5, 5.41) is 22.3. The fraction of sp³-hybridized carbons (Fsp3) is 0.